The molecular formula is C27H39Pr. The zero-order valence-corrected chi connectivity index (χ0v) is 22.6. The molecular weight excluding hydrogens is 465 g/mol. The van der Waals surface area contributed by atoms with Crippen LogP contribution in [0.2, 0.25) is 0 Å². The van der Waals surface area contributed by atoms with Gasteiger partial charge in [0, 0.05) is 0 Å². The molecule has 0 bridgehead atoms. The van der Waals surface area contributed by atoms with Gasteiger partial charge in [-0.3, -0.25) is 0 Å². The number of hydrogen-bond acceptors (Lipinski definition) is 0. The summed E-state index contributed by atoms with van der Waals surface area (Å²) in [6.07, 6.45) is 3.72. The summed E-state index contributed by atoms with van der Waals surface area (Å²) in [5, 5.41) is 0. The van der Waals surface area contributed by atoms with Crippen LogP contribution in [0.1, 0.15) is 95.2 Å². The van der Waals surface area contributed by atoms with Crippen molar-refractivity contribution >= 4 is 0 Å². The van der Waals surface area contributed by atoms with E-state index in [1.165, 1.54) is 36.0 Å². The SMILES string of the molecule is CCC(C)[c-]1cccc1.CCC(C)[c-]1cccc1.CCC(C)[c-]1cccc1.[Pr+3]. The van der Waals surface area contributed by atoms with Crippen LogP contribution in [0.5, 0.6) is 0 Å². The Balaban J connectivity index is 0.000000384. The first kappa shape index (κ1) is 27.4. The predicted octanol–water partition coefficient (Wildman–Crippen LogP) is 8.76. The van der Waals surface area contributed by atoms with Crippen molar-refractivity contribution in [3.8, 4) is 0 Å². The van der Waals surface area contributed by atoms with Crippen molar-refractivity contribution in [1.82, 2.24) is 0 Å². The maximum absolute atomic E-state index is 2.26. The van der Waals surface area contributed by atoms with Crippen molar-refractivity contribution in [2.24, 2.45) is 0 Å². The Morgan fingerprint density at radius 2 is 0.643 bits per heavy atom. The van der Waals surface area contributed by atoms with E-state index in [1.807, 2.05) is 0 Å². The third-order valence-corrected chi connectivity index (χ3v) is 5.61. The van der Waals surface area contributed by atoms with Crippen LogP contribution >= 0.6 is 0 Å². The van der Waals surface area contributed by atoms with Crippen molar-refractivity contribution in [3.05, 3.63) is 89.5 Å². The van der Waals surface area contributed by atoms with Gasteiger partial charge in [-0.1, -0.05) is 78.6 Å². The molecule has 3 atom stereocenters. The maximum atomic E-state index is 2.26. The van der Waals surface area contributed by atoms with E-state index in [-0.39, 0.29) is 41.3 Å². The Hall–Kier alpha value is -0.586. The third-order valence-electron chi connectivity index (χ3n) is 5.61. The first-order chi connectivity index (χ1) is 13.0. The summed E-state index contributed by atoms with van der Waals surface area (Å²) < 4.78 is 0. The standard InChI is InChI=1S/3C9H13.Pr/c3*1-3-8(2)9-6-4-5-7-9;/h3*4-8H,3H2,1-2H3;/q3*-1;+3. The topological polar surface area (TPSA) is 0 Å². The van der Waals surface area contributed by atoms with Crippen molar-refractivity contribution in [1.29, 1.82) is 0 Å². The van der Waals surface area contributed by atoms with Crippen LogP contribution in [0.25, 0.3) is 0 Å². The molecule has 0 saturated carbocycles. The van der Waals surface area contributed by atoms with Gasteiger partial charge in [0.15, 0.2) is 0 Å². The van der Waals surface area contributed by atoms with Gasteiger partial charge in [0.25, 0.3) is 0 Å². The molecule has 0 heterocycles. The Kier molecular flexibility index (Phi) is 15.9. The van der Waals surface area contributed by atoms with Crippen molar-refractivity contribution in [3.63, 3.8) is 0 Å². The molecule has 0 fully saturated rings. The summed E-state index contributed by atoms with van der Waals surface area (Å²) in [5.41, 5.74) is 4.41. The molecule has 0 aliphatic heterocycles. The first-order valence-corrected chi connectivity index (χ1v) is 10.7. The molecule has 1 heteroatoms. The molecule has 3 aromatic carbocycles. The molecule has 0 radical (unpaired) electrons. The average molecular weight is 505 g/mol. The normalized spacial score (nSPS) is 13.1. The van der Waals surface area contributed by atoms with E-state index in [2.05, 4.69) is 114 Å². The summed E-state index contributed by atoms with van der Waals surface area (Å²) in [5.74, 6) is 2.21. The second kappa shape index (κ2) is 16.2. The molecule has 0 nitrogen and oxygen atoms in total. The van der Waals surface area contributed by atoms with Crippen molar-refractivity contribution < 1.29 is 41.3 Å². The fourth-order valence-corrected chi connectivity index (χ4v) is 2.86. The van der Waals surface area contributed by atoms with Crippen molar-refractivity contribution in [2.45, 2.75) is 78.6 Å². The molecule has 0 amide bonds. The zero-order chi connectivity index (χ0) is 20.1. The minimum atomic E-state index is 0. The van der Waals surface area contributed by atoms with Crippen LogP contribution in [0.3, 0.4) is 0 Å². The molecule has 150 valence electrons. The fraction of sp³-hybridized carbons (Fsp3) is 0.444. The summed E-state index contributed by atoms with van der Waals surface area (Å²) in [6.45, 7) is 13.4. The van der Waals surface area contributed by atoms with E-state index in [9.17, 15) is 0 Å². The van der Waals surface area contributed by atoms with Crippen LogP contribution in [0, 0.1) is 41.3 Å². The second-order valence-electron chi connectivity index (χ2n) is 7.58. The van der Waals surface area contributed by atoms with Gasteiger partial charge in [0.2, 0.25) is 0 Å². The van der Waals surface area contributed by atoms with E-state index >= 15 is 0 Å². The maximum Gasteiger partial charge on any atom is 3.00 e. The molecule has 3 unspecified atom stereocenters. The van der Waals surface area contributed by atoms with Gasteiger partial charge in [-0.15, -0.1) is 0 Å². The molecule has 3 rings (SSSR count). The van der Waals surface area contributed by atoms with Crippen LogP contribution in [-0.4, -0.2) is 0 Å². The fourth-order valence-electron chi connectivity index (χ4n) is 2.86. The molecule has 3 aromatic rings. The Bertz CT molecular complexity index is 548. The smallest absolute Gasteiger partial charge is 0.213 e. The molecule has 0 saturated heterocycles. The van der Waals surface area contributed by atoms with E-state index in [0.29, 0.717) is 0 Å². The predicted molar refractivity (Wildman–Crippen MR) is 122 cm³/mol. The monoisotopic (exact) mass is 504 g/mol. The number of hydrogen-bond donors (Lipinski definition) is 0. The van der Waals surface area contributed by atoms with Gasteiger partial charge in [-0.05, 0) is 0 Å². The Labute approximate surface area is 207 Å². The zero-order valence-electron chi connectivity index (χ0n) is 18.9. The summed E-state index contributed by atoms with van der Waals surface area (Å²) in [6, 6.07) is 25.7. The van der Waals surface area contributed by atoms with Crippen LogP contribution in [0.4, 0.5) is 0 Å². The molecule has 28 heavy (non-hydrogen) atoms. The van der Waals surface area contributed by atoms with Gasteiger partial charge in [0.05, 0.1) is 0 Å². The van der Waals surface area contributed by atoms with Gasteiger partial charge >= 0.3 is 41.3 Å². The van der Waals surface area contributed by atoms with Gasteiger partial charge in [-0.25, -0.2) is 36.4 Å². The largest absolute Gasteiger partial charge is 3.00 e. The quantitative estimate of drug-likeness (QED) is 0.295. The van der Waals surface area contributed by atoms with E-state index in [0.717, 1.165) is 17.8 Å². The van der Waals surface area contributed by atoms with Crippen LogP contribution < -0.4 is 0 Å². The minimum Gasteiger partial charge on any atom is -0.213 e. The van der Waals surface area contributed by atoms with Gasteiger partial charge in [0.1, 0.15) is 0 Å². The first-order valence-electron chi connectivity index (χ1n) is 10.7. The molecule has 0 spiro atoms. The van der Waals surface area contributed by atoms with Crippen LogP contribution in [0.15, 0.2) is 72.8 Å². The summed E-state index contributed by atoms with van der Waals surface area (Å²) in [4.78, 5) is 0. The average Bonchev–Trinajstić information content (AvgIpc) is 3.48. The van der Waals surface area contributed by atoms with E-state index in [1.54, 1.807) is 0 Å². The number of rotatable bonds is 6. The Morgan fingerprint density at radius 3 is 0.786 bits per heavy atom. The van der Waals surface area contributed by atoms with Gasteiger partial charge < -0.3 is 0 Å². The van der Waals surface area contributed by atoms with E-state index in [4.69, 9.17) is 0 Å². The summed E-state index contributed by atoms with van der Waals surface area (Å²) in [7, 11) is 0. The molecule has 0 aromatic heterocycles. The molecule has 0 N–H and O–H groups in total. The molecule has 0 aliphatic carbocycles. The second-order valence-corrected chi connectivity index (χ2v) is 7.58. The van der Waals surface area contributed by atoms with Gasteiger partial charge in [-0.2, -0.15) is 53.1 Å². The minimum absolute atomic E-state index is 0. The van der Waals surface area contributed by atoms with Crippen LogP contribution in [-0.2, 0) is 0 Å². The summed E-state index contributed by atoms with van der Waals surface area (Å²) >= 11 is 0. The molecule has 0 aliphatic rings. The Morgan fingerprint density at radius 1 is 0.464 bits per heavy atom. The van der Waals surface area contributed by atoms with Crippen molar-refractivity contribution in [2.75, 3.05) is 0 Å². The third kappa shape index (κ3) is 10.3. The van der Waals surface area contributed by atoms with E-state index < -0.39 is 0 Å².